The second-order valence-electron chi connectivity index (χ2n) is 2.18. The van der Waals surface area contributed by atoms with Crippen LogP contribution in [-0.4, -0.2) is 0 Å². The third-order valence-electron chi connectivity index (χ3n) is 1.57. The van der Waals surface area contributed by atoms with Crippen LogP contribution >= 0.6 is 12.6 Å². The lowest BCUT2D eigenvalue weighted by Crippen LogP contribution is -1.79. The molecule has 0 aliphatic rings. The van der Waals surface area contributed by atoms with Crippen LogP contribution in [0, 0.1) is 0 Å². The first-order chi connectivity index (χ1) is 4.09. The molecule has 0 spiro atoms. The summed E-state index contributed by atoms with van der Waals surface area (Å²) < 4.78 is 0. The summed E-state index contributed by atoms with van der Waals surface area (Å²) in [7, 11) is 0. The molecule has 0 rings (SSSR count). The van der Waals surface area contributed by atoms with Crippen molar-refractivity contribution in [2.75, 3.05) is 0 Å². The maximum Gasteiger partial charge on any atom is -0.0183 e. The van der Waals surface area contributed by atoms with Crippen LogP contribution in [0.15, 0.2) is 22.1 Å². The topological polar surface area (TPSA) is 0 Å². The van der Waals surface area contributed by atoms with Gasteiger partial charge in [-0.1, -0.05) is 11.6 Å². The van der Waals surface area contributed by atoms with Gasteiger partial charge < -0.3 is 0 Å². The second kappa shape index (κ2) is 3.78. The Balaban J connectivity index is 4.40. The minimum atomic E-state index is 1.10. The Bertz CT molecular complexity index is 148. The molecule has 0 aromatic carbocycles. The summed E-state index contributed by atoms with van der Waals surface area (Å²) in [6.45, 7) is 8.22. The molecule has 0 fully saturated rings. The molecule has 0 nitrogen and oxygen atoms in total. The maximum absolute atomic E-state index is 4.23. The highest BCUT2D eigenvalue weighted by atomic mass is 32.1. The van der Waals surface area contributed by atoms with Crippen LogP contribution in [0.25, 0.3) is 0 Å². The van der Waals surface area contributed by atoms with E-state index in [0.29, 0.717) is 0 Å². The highest BCUT2D eigenvalue weighted by molar-refractivity contribution is 7.84. The van der Waals surface area contributed by atoms with Crippen LogP contribution in [-0.2, 0) is 0 Å². The number of hydrogen-bond donors (Lipinski definition) is 1. The molecule has 0 amide bonds. The van der Waals surface area contributed by atoms with Crippen LogP contribution < -0.4 is 0 Å². The zero-order valence-corrected chi connectivity index (χ0v) is 7.42. The number of rotatable bonds is 1. The molecule has 0 aliphatic heterocycles. The Labute approximate surface area is 63.1 Å². The van der Waals surface area contributed by atoms with E-state index in [9.17, 15) is 0 Å². The summed E-state index contributed by atoms with van der Waals surface area (Å²) in [5.74, 6) is 0. The summed E-state index contributed by atoms with van der Waals surface area (Å²) >= 11 is 4.23. The molecule has 1 heteroatoms. The molecule has 0 aromatic rings. The molecular formula is C8H14S. The van der Waals surface area contributed by atoms with Gasteiger partial charge in [0, 0.05) is 0 Å². The van der Waals surface area contributed by atoms with E-state index >= 15 is 0 Å². The smallest absolute Gasteiger partial charge is 0.0183 e. The molecule has 0 saturated carbocycles. The van der Waals surface area contributed by atoms with E-state index in [4.69, 9.17) is 0 Å². The van der Waals surface area contributed by atoms with Crippen molar-refractivity contribution in [2.45, 2.75) is 27.7 Å². The predicted molar refractivity (Wildman–Crippen MR) is 46.8 cm³/mol. The van der Waals surface area contributed by atoms with E-state index in [2.05, 4.69) is 32.6 Å². The molecule has 0 aromatic heterocycles. The van der Waals surface area contributed by atoms with Gasteiger partial charge in [-0.3, -0.25) is 0 Å². The van der Waals surface area contributed by atoms with Gasteiger partial charge in [-0.25, -0.2) is 0 Å². The molecule has 52 valence electrons. The van der Waals surface area contributed by atoms with Crippen molar-refractivity contribution in [2.24, 2.45) is 0 Å². The molecule has 0 heterocycles. The summed E-state index contributed by atoms with van der Waals surface area (Å²) in [4.78, 5) is 1.10. The molecule has 0 N–H and O–H groups in total. The van der Waals surface area contributed by atoms with E-state index < -0.39 is 0 Å². The first-order valence-corrected chi connectivity index (χ1v) is 3.54. The molecule has 0 aliphatic carbocycles. The third-order valence-corrected chi connectivity index (χ3v) is 1.90. The fraction of sp³-hybridized carbons (Fsp3) is 0.500. The molecule has 0 saturated heterocycles. The van der Waals surface area contributed by atoms with E-state index in [1.165, 1.54) is 11.1 Å². The van der Waals surface area contributed by atoms with Gasteiger partial charge >= 0.3 is 0 Å². The predicted octanol–water partition coefficient (Wildman–Crippen LogP) is 3.18. The second-order valence-corrected chi connectivity index (χ2v) is 2.85. The molecule has 0 unspecified atom stereocenters. The van der Waals surface area contributed by atoms with Crippen molar-refractivity contribution >= 4 is 12.6 Å². The average molecular weight is 142 g/mol. The minimum absolute atomic E-state index is 1.10. The van der Waals surface area contributed by atoms with Crippen LogP contribution in [0.2, 0.25) is 0 Å². The Morgan fingerprint density at radius 1 is 1.22 bits per heavy atom. The lowest BCUT2D eigenvalue weighted by molar-refractivity contribution is 1.30. The van der Waals surface area contributed by atoms with E-state index in [1.54, 1.807) is 0 Å². The molecule has 9 heavy (non-hydrogen) atoms. The molecule has 0 bridgehead atoms. The zero-order valence-electron chi connectivity index (χ0n) is 6.52. The first kappa shape index (κ1) is 8.83. The molecular weight excluding hydrogens is 128 g/mol. The van der Waals surface area contributed by atoms with E-state index in [0.717, 1.165) is 4.91 Å². The average Bonchev–Trinajstić information content (AvgIpc) is 1.84. The lowest BCUT2D eigenvalue weighted by atomic mass is 10.1. The highest BCUT2D eigenvalue weighted by Crippen LogP contribution is 2.15. The summed E-state index contributed by atoms with van der Waals surface area (Å²) in [6, 6.07) is 0. The van der Waals surface area contributed by atoms with Crippen LogP contribution in [0.3, 0.4) is 0 Å². The Morgan fingerprint density at radius 2 is 1.67 bits per heavy atom. The van der Waals surface area contributed by atoms with Gasteiger partial charge in [0.05, 0.1) is 0 Å². The largest absolute Gasteiger partial charge is 0.148 e. The monoisotopic (exact) mass is 142 g/mol. The molecule has 0 atom stereocenters. The van der Waals surface area contributed by atoms with Crippen molar-refractivity contribution in [3.8, 4) is 0 Å². The summed E-state index contributed by atoms with van der Waals surface area (Å²) in [6.07, 6.45) is 2.09. The Morgan fingerprint density at radius 3 is 1.78 bits per heavy atom. The van der Waals surface area contributed by atoms with Gasteiger partial charge in [0.2, 0.25) is 0 Å². The SMILES string of the molecule is C/C=C(C)\C(C)=C(\C)S. The van der Waals surface area contributed by atoms with Gasteiger partial charge in [-0.15, -0.1) is 12.6 Å². The van der Waals surface area contributed by atoms with Crippen LogP contribution in [0.4, 0.5) is 0 Å². The van der Waals surface area contributed by atoms with Gasteiger partial charge in [-0.05, 0) is 38.2 Å². The summed E-state index contributed by atoms with van der Waals surface area (Å²) in [5.41, 5.74) is 2.59. The van der Waals surface area contributed by atoms with Gasteiger partial charge in [0.15, 0.2) is 0 Å². The van der Waals surface area contributed by atoms with Crippen LogP contribution in [0.5, 0.6) is 0 Å². The van der Waals surface area contributed by atoms with Gasteiger partial charge in [0.25, 0.3) is 0 Å². The molecule has 0 radical (unpaired) electrons. The number of hydrogen-bond acceptors (Lipinski definition) is 1. The fourth-order valence-corrected chi connectivity index (χ4v) is 0.678. The Kier molecular flexibility index (Phi) is 3.71. The van der Waals surface area contributed by atoms with Gasteiger partial charge in [-0.2, -0.15) is 0 Å². The number of allylic oxidation sites excluding steroid dienone is 4. The summed E-state index contributed by atoms with van der Waals surface area (Å²) in [5, 5.41) is 0. The zero-order chi connectivity index (χ0) is 7.44. The van der Waals surface area contributed by atoms with Crippen molar-refractivity contribution in [3.05, 3.63) is 22.1 Å². The Hall–Kier alpha value is -0.170. The van der Waals surface area contributed by atoms with E-state index in [1.807, 2.05) is 13.8 Å². The minimum Gasteiger partial charge on any atom is -0.148 e. The number of thiol groups is 1. The van der Waals surface area contributed by atoms with E-state index in [-0.39, 0.29) is 0 Å². The third kappa shape index (κ3) is 2.75. The van der Waals surface area contributed by atoms with Crippen molar-refractivity contribution in [1.82, 2.24) is 0 Å². The maximum atomic E-state index is 4.23. The normalized spacial score (nSPS) is 15.4. The first-order valence-electron chi connectivity index (χ1n) is 3.09. The quantitative estimate of drug-likeness (QED) is 0.422. The van der Waals surface area contributed by atoms with Gasteiger partial charge in [0.1, 0.15) is 0 Å². The fourth-order valence-electron chi connectivity index (χ4n) is 0.502. The lowest BCUT2D eigenvalue weighted by Gasteiger charge is -2.00. The van der Waals surface area contributed by atoms with Crippen molar-refractivity contribution in [1.29, 1.82) is 0 Å². The standard InChI is InChI=1S/C8H14S/c1-5-6(2)7(3)8(4)9/h5,9H,1-4H3/b6-5-,8-7-. The highest BCUT2D eigenvalue weighted by Gasteiger charge is 1.91. The van der Waals surface area contributed by atoms with Crippen molar-refractivity contribution in [3.63, 3.8) is 0 Å². The van der Waals surface area contributed by atoms with Crippen LogP contribution in [0.1, 0.15) is 27.7 Å². The van der Waals surface area contributed by atoms with Crippen molar-refractivity contribution < 1.29 is 0 Å².